The molecule has 0 radical (unpaired) electrons. The highest BCUT2D eigenvalue weighted by atomic mass is 16.5. The van der Waals surface area contributed by atoms with Gasteiger partial charge in [0.25, 0.3) is 0 Å². The molecule has 15 heavy (non-hydrogen) atoms. The fourth-order valence-corrected chi connectivity index (χ4v) is 1.76. The van der Waals surface area contributed by atoms with E-state index in [1.807, 2.05) is 12.1 Å². The molecule has 3 N–H and O–H groups in total. The maximum Gasteiger partial charge on any atom is 0.0770 e. The van der Waals surface area contributed by atoms with Crippen LogP contribution in [0.1, 0.15) is 18.5 Å². The monoisotopic (exact) mass is 207 g/mol. The van der Waals surface area contributed by atoms with E-state index >= 15 is 0 Å². The van der Waals surface area contributed by atoms with E-state index < -0.39 is 0 Å². The summed E-state index contributed by atoms with van der Waals surface area (Å²) in [6, 6.07) is 4.28. The molecule has 1 fully saturated rings. The van der Waals surface area contributed by atoms with Crippen LogP contribution >= 0.6 is 0 Å². The van der Waals surface area contributed by atoms with E-state index in [-0.39, 0.29) is 0 Å². The van der Waals surface area contributed by atoms with Crippen molar-refractivity contribution in [3.63, 3.8) is 0 Å². The van der Waals surface area contributed by atoms with Gasteiger partial charge in [0, 0.05) is 25.9 Å². The number of hydrogen-bond donors (Lipinski definition) is 2. The van der Waals surface area contributed by atoms with Crippen LogP contribution in [0.2, 0.25) is 0 Å². The molecule has 0 unspecified atom stereocenters. The number of nitrogens with zero attached hydrogens (tertiary/aromatic N) is 1. The van der Waals surface area contributed by atoms with Gasteiger partial charge in [-0.15, -0.1) is 0 Å². The summed E-state index contributed by atoms with van der Waals surface area (Å²) in [7, 11) is 1.76. The summed E-state index contributed by atoms with van der Waals surface area (Å²) in [6.07, 6.45) is 4.38. The second-order valence-electron chi connectivity index (χ2n) is 3.95. The Labute approximate surface area is 89.8 Å². The van der Waals surface area contributed by atoms with Crippen LogP contribution in [0.15, 0.2) is 18.3 Å². The molecule has 1 aromatic rings. The van der Waals surface area contributed by atoms with Gasteiger partial charge in [0.2, 0.25) is 0 Å². The van der Waals surface area contributed by atoms with Crippen molar-refractivity contribution in [3.8, 4) is 0 Å². The Balaban J connectivity index is 1.77. The zero-order chi connectivity index (χ0) is 10.7. The molecule has 0 spiro atoms. The fraction of sp³-hybridized carbons (Fsp3) is 0.545. The van der Waals surface area contributed by atoms with E-state index in [9.17, 15) is 0 Å². The SMILES string of the molecule is COC1CC(NCc2ncccc2N)C1. The molecule has 1 heterocycles. The summed E-state index contributed by atoms with van der Waals surface area (Å²) in [5.74, 6) is 0. The van der Waals surface area contributed by atoms with Gasteiger partial charge >= 0.3 is 0 Å². The Hall–Kier alpha value is -1.13. The Kier molecular flexibility index (Phi) is 3.18. The molecular weight excluding hydrogens is 190 g/mol. The lowest BCUT2D eigenvalue weighted by Crippen LogP contribution is -2.44. The van der Waals surface area contributed by atoms with Crippen LogP contribution in [0.5, 0.6) is 0 Å². The van der Waals surface area contributed by atoms with E-state index in [0.717, 1.165) is 30.8 Å². The number of hydrogen-bond acceptors (Lipinski definition) is 4. The summed E-state index contributed by atoms with van der Waals surface area (Å²) < 4.78 is 5.21. The van der Waals surface area contributed by atoms with Crippen molar-refractivity contribution < 1.29 is 4.74 Å². The Morgan fingerprint density at radius 3 is 3.07 bits per heavy atom. The van der Waals surface area contributed by atoms with Gasteiger partial charge in [-0.2, -0.15) is 0 Å². The molecule has 4 nitrogen and oxygen atoms in total. The maximum absolute atomic E-state index is 5.79. The Bertz CT molecular complexity index is 323. The topological polar surface area (TPSA) is 60.2 Å². The van der Waals surface area contributed by atoms with Crippen LogP contribution in [-0.4, -0.2) is 24.2 Å². The summed E-state index contributed by atoms with van der Waals surface area (Å²) in [6.45, 7) is 0.744. The predicted octanol–water partition coefficient (Wildman–Crippen LogP) is 0.931. The Morgan fingerprint density at radius 2 is 2.40 bits per heavy atom. The van der Waals surface area contributed by atoms with Crippen LogP contribution < -0.4 is 11.1 Å². The number of ether oxygens (including phenoxy) is 1. The molecule has 1 aliphatic carbocycles. The molecule has 1 saturated carbocycles. The highest BCUT2D eigenvalue weighted by Gasteiger charge is 2.28. The van der Waals surface area contributed by atoms with E-state index in [2.05, 4.69) is 10.3 Å². The largest absolute Gasteiger partial charge is 0.397 e. The minimum absolute atomic E-state index is 0.434. The van der Waals surface area contributed by atoms with Crippen molar-refractivity contribution in [2.45, 2.75) is 31.5 Å². The van der Waals surface area contributed by atoms with Crippen LogP contribution in [0.3, 0.4) is 0 Å². The number of aromatic nitrogens is 1. The molecule has 0 bridgehead atoms. The molecule has 4 heteroatoms. The van der Waals surface area contributed by atoms with Gasteiger partial charge in [0.05, 0.1) is 17.5 Å². The molecule has 0 saturated heterocycles. The van der Waals surface area contributed by atoms with Gasteiger partial charge < -0.3 is 15.8 Å². The van der Waals surface area contributed by atoms with E-state index in [1.165, 1.54) is 0 Å². The first-order valence-corrected chi connectivity index (χ1v) is 5.25. The third-order valence-electron chi connectivity index (χ3n) is 2.91. The van der Waals surface area contributed by atoms with Gasteiger partial charge in [0.1, 0.15) is 0 Å². The fourth-order valence-electron chi connectivity index (χ4n) is 1.76. The third kappa shape index (κ3) is 2.46. The first-order chi connectivity index (χ1) is 7.29. The van der Waals surface area contributed by atoms with Crippen molar-refractivity contribution in [1.82, 2.24) is 10.3 Å². The third-order valence-corrected chi connectivity index (χ3v) is 2.91. The van der Waals surface area contributed by atoms with Crippen molar-refractivity contribution in [1.29, 1.82) is 0 Å². The van der Waals surface area contributed by atoms with Gasteiger partial charge in [0.15, 0.2) is 0 Å². The maximum atomic E-state index is 5.79. The highest BCUT2D eigenvalue weighted by Crippen LogP contribution is 2.22. The van der Waals surface area contributed by atoms with Crippen LogP contribution in [0, 0.1) is 0 Å². The molecule has 0 amide bonds. The molecular formula is C11H17N3O. The van der Waals surface area contributed by atoms with Crippen LogP contribution in [-0.2, 0) is 11.3 Å². The summed E-state index contributed by atoms with van der Waals surface area (Å²) in [5, 5.41) is 3.42. The highest BCUT2D eigenvalue weighted by molar-refractivity contribution is 5.41. The summed E-state index contributed by atoms with van der Waals surface area (Å²) in [5.41, 5.74) is 7.48. The minimum atomic E-state index is 0.434. The molecule has 82 valence electrons. The lowest BCUT2D eigenvalue weighted by Gasteiger charge is -2.34. The molecule has 0 aromatic carbocycles. The second kappa shape index (κ2) is 4.59. The zero-order valence-electron chi connectivity index (χ0n) is 8.94. The molecule has 0 aliphatic heterocycles. The lowest BCUT2D eigenvalue weighted by molar-refractivity contribution is 0.0169. The quantitative estimate of drug-likeness (QED) is 0.771. The average molecular weight is 207 g/mol. The molecule has 2 rings (SSSR count). The molecule has 1 aromatic heterocycles. The molecule has 0 atom stereocenters. The number of nitrogens with two attached hydrogens (primary N) is 1. The number of pyridine rings is 1. The van der Waals surface area contributed by atoms with Crippen molar-refractivity contribution >= 4 is 5.69 Å². The normalized spacial score (nSPS) is 24.9. The number of rotatable bonds is 4. The number of nitrogen functional groups attached to an aromatic ring is 1. The van der Waals surface area contributed by atoms with Crippen molar-refractivity contribution in [2.24, 2.45) is 0 Å². The average Bonchev–Trinajstić information content (AvgIpc) is 2.18. The van der Waals surface area contributed by atoms with E-state index in [0.29, 0.717) is 12.1 Å². The standard InChI is InChI=1S/C11H17N3O/c1-15-9-5-8(6-9)14-7-11-10(12)3-2-4-13-11/h2-4,8-9,14H,5-7,12H2,1H3. The number of methoxy groups -OCH3 is 1. The van der Waals surface area contributed by atoms with Gasteiger partial charge in [-0.3, -0.25) is 4.98 Å². The Morgan fingerprint density at radius 1 is 1.60 bits per heavy atom. The minimum Gasteiger partial charge on any atom is -0.397 e. The van der Waals surface area contributed by atoms with Crippen LogP contribution in [0.4, 0.5) is 5.69 Å². The van der Waals surface area contributed by atoms with Crippen molar-refractivity contribution in [2.75, 3.05) is 12.8 Å². The first kappa shape index (κ1) is 10.4. The molecule has 1 aliphatic rings. The van der Waals surface area contributed by atoms with Crippen LogP contribution in [0.25, 0.3) is 0 Å². The predicted molar refractivity (Wildman–Crippen MR) is 59.3 cm³/mol. The summed E-state index contributed by atoms with van der Waals surface area (Å²) >= 11 is 0. The first-order valence-electron chi connectivity index (χ1n) is 5.25. The lowest BCUT2D eigenvalue weighted by atomic mass is 9.89. The smallest absolute Gasteiger partial charge is 0.0770 e. The second-order valence-corrected chi connectivity index (χ2v) is 3.95. The number of nitrogens with one attached hydrogen (secondary N) is 1. The summed E-state index contributed by atoms with van der Waals surface area (Å²) in [4.78, 5) is 4.23. The number of anilines is 1. The van der Waals surface area contributed by atoms with Gasteiger partial charge in [-0.05, 0) is 25.0 Å². The zero-order valence-corrected chi connectivity index (χ0v) is 8.94. The van der Waals surface area contributed by atoms with E-state index in [1.54, 1.807) is 13.3 Å². The van der Waals surface area contributed by atoms with Crippen molar-refractivity contribution in [3.05, 3.63) is 24.0 Å². The van der Waals surface area contributed by atoms with Gasteiger partial charge in [-0.25, -0.2) is 0 Å². The van der Waals surface area contributed by atoms with E-state index in [4.69, 9.17) is 10.5 Å². The van der Waals surface area contributed by atoms with Gasteiger partial charge in [-0.1, -0.05) is 0 Å².